The summed E-state index contributed by atoms with van der Waals surface area (Å²) >= 11 is 3.54. The first-order chi connectivity index (χ1) is 26.9. The van der Waals surface area contributed by atoms with Crippen molar-refractivity contribution >= 4 is 53.0 Å². The number of hydrogen-bond acceptors (Lipinski definition) is 1. The molecule has 0 radical (unpaired) electrons. The van der Waals surface area contributed by atoms with E-state index >= 15 is 0 Å². The van der Waals surface area contributed by atoms with Gasteiger partial charge in [-0.1, -0.05) is 203 Å². The number of aliphatic hydroxyl groups is 1. The minimum Gasteiger partial charge on any atom is -0.396 e. The molecule has 0 bridgehead atoms. The van der Waals surface area contributed by atoms with Crippen LogP contribution in [0.1, 0.15) is 118 Å². The molecule has 4 aliphatic rings. The Kier molecular flexibility index (Phi) is 24.8. The molecule has 1 nitrogen and oxygen atoms in total. The molecule has 0 spiro atoms. The fraction of sp³-hybridized carbons (Fsp3) is 0.529. The molecule has 6 heteroatoms. The van der Waals surface area contributed by atoms with Crippen molar-refractivity contribution in [3.8, 4) is 0 Å². The summed E-state index contributed by atoms with van der Waals surface area (Å²) in [6.07, 6.45) is 19.3. The normalized spacial score (nSPS) is 21.9. The van der Waals surface area contributed by atoms with E-state index in [1.807, 2.05) is 0 Å². The molecule has 4 aromatic rings. The van der Waals surface area contributed by atoms with Gasteiger partial charge < -0.3 is 5.11 Å². The Morgan fingerprint density at radius 3 is 0.982 bits per heavy atom. The van der Waals surface area contributed by atoms with Crippen LogP contribution in [0.15, 0.2) is 121 Å². The van der Waals surface area contributed by atoms with Crippen molar-refractivity contribution in [1.29, 1.82) is 0 Å². The SMILES string of the molecule is BrC1CCCC1.CC(C)C1CCCC1P(c1ccccc1)c1ccccc1.CC(C)C1CCCC1P(c1ccccc1)c1ccccc1.OCC1CCCC1.[Fe].[Fe]. The van der Waals surface area contributed by atoms with Crippen LogP contribution in [0.5, 0.6) is 0 Å². The van der Waals surface area contributed by atoms with E-state index in [-0.39, 0.29) is 50.0 Å². The maximum absolute atomic E-state index is 8.57. The monoisotopic (exact) mass is 952 g/mol. The number of alkyl halides is 1. The van der Waals surface area contributed by atoms with Crippen LogP contribution >= 0.6 is 31.8 Å². The molecule has 4 atom stereocenters. The fourth-order valence-corrected chi connectivity index (χ4v) is 17.0. The average Bonchev–Trinajstić information content (AvgIpc) is 4.07. The molecule has 4 aliphatic carbocycles. The van der Waals surface area contributed by atoms with Gasteiger partial charge in [-0.25, -0.2) is 0 Å². The first-order valence-corrected chi connectivity index (χ1v) is 25.6. The van der Waals surface area contributed by atoms with E-state index in [2.05, 4.69) is 165 Å². The number of hydrogen-bond donors (Lipinski definition) is 1. The molecule has 0 amide bonds. The molecule has 0 heterocycles. The Labute approximate surface area is 380 Å². The molecule has 314 valence electrons. The van der Waals surface area contributed by atoms with Gasteiger partial charge in [-0.05, 0) is 129 Å². The van der Waals surface area contributed by atoms with Crippen molar-refractivity contribution in [1.82, 2.24) is 0 Å². The van der Waals surface area contributed by atoms with Gasteiger partial charge in [-0.15, -0.1) is 0 Å². The van der Waals surface area contributed by atoms with Gasteiger partial charge in [0.1, 0.15) is 0 Å². The molecule has 4 saturated carbocycles. The summed E-state index contributed by atoms with van der Waals surface area (Å²) in [5.74, 6) is 4.03. The van der Waals surface area contributed by atoms with Gasteiger partial charge in [0.2, 0.25) is 0 Å². The molecule has 1 N–H and O–H groups in total. The average molecular weight is 954 g/mol. The van der Waals surface area contributed by atoms with Crippen LogP contribution in [-0.2, 0) is 34.1 Å². The number of aliphatic hydroxyl groups excluding tert-OH is 1. The second-order valence-electron chi connectivity index (χ2n) is 17.1. The Morgan fingerprint density at radius 1 is 0.456 bits per heavy atom. The maximum Gasteiger partial charge on any atom is 0.0459 e. The minimum absolute atomic E-state index is 0. The van der Waals surface area contributed by atoms with E-state index in [9.17, 15) is 0 Å². The Balaban J connectivity index is 0.000000226. The molecular formula is C51H71BrFe2OP2. The number of rotatable bonds is 9. The molecule has 0 aliphatic heterocycles. The summed E-state index contributed by atoms with van der Waals surface area (Å²) in [5.41, 5.74) is 1.70. The summed E-state index contributed by atoms with van der Waals surface area (Å²) in [7, 11) is -0.448. The van der Waals surface area contributed by atoms with E-state index in [1.165, 1.54) is 89.9 Å². The zero-order valence-electron chi connectivity index (χ0n) is 35.2. The maximum atomic E-state index is 8.57. The van der Waals surface area contributed by atoms with Gasteiger partial charge >= 0.3 is 0 Å². The van der Waals surface area contributed by atoms with Crippen molar-refractivity contribution in [3.05, 3.63) is 121 Å². The molecule has 4 fully saturated rings. The quantitative estimate of drug-likeness (QED) is 0.101. The van der Waals surface area contributed by atoms with E-state index < -0.39 is 0 Å². The van der Waals surface area contributed by atoms with E-state index in [4.69, 9.17) is 5.11 Å². The predicted molar refractivity (Wildman–Crippen MR) is 250 cm³/mol. The molecular weight excluding hydrogens is 882 g/mol. The third-order valence-electron chi connectivity index (χ3n) is 12.6. The van der Waals surface area contributed by atoms with Gasteiger partial charge in [-0.2, -0.15) is 0 Å². The van der Waals surface area contributed by atoms with Crippen LogP contribution < -0.4 is 21.2 Å². The Bertz CT molecular complexity index is 1380. The second-order valence-corrected chi connectivity index (χ2v) is 23.3. The molecule has 8 rings (SSSR count). The summed E-state index contributed by atoms with van der Waals surface area (Å²) in [6.45, 7) is 10.1. The van der Waals surface area contributed by atoms with Crippen molar-refractivity contribution < 1.29 is 39.2 Å². The van der Waals surface area contributed by atoms with Crippen LogP contribution in [0, 0.1) is 29.6 Å². The number of halogens is 1. The Hall–Kier alpha value is -0.781. The third kappa shape index (κ3) is 15.9. The van der Waals surface area contributed by atoms with E-state index in [0.717, 1.165) is 39.8 Å². The fourth-order valence-electron chi connectivity index (χ4n) is 9.62. The molecule has 0 aromatic heterocycles. The van der Waals surface area contributed by atoms with Gasteiger partial charge in [0.05, 0.1) is 0 Å². The molecule has 57 heavy (non-hydrogen) atoms. The number of benzene rings is 4. The predicted octanol–water partition coefficient (Wildman–Crippen LogP) is 13.4. The zero-order chi connectivity index (χ0) is 38.8. The van der Waals surface area contributed by atoms with Gasteiger partial charge in [-0.3, -0.25) is 0 Å². The smallest absolute Gasteiger partial charge is 0.0459 e. The van der Waals surface area contributed by atoms with Gasteiger partial charge in [0.25, 0.3) is 0 Å². The minimum atomic E-state index is -0.224. The van der Waals surface area contributed by atoms with Crippen molar-refractivity contribution in [2.75, 3.05) is 6.61 Å². The largest absolute Gasteiger partial charge is 0.396 e. The second kappa shape index (κ2) is 27.9. The zero-order valence-corrected chi connectivity index (χ0v) is 40.8. The van der Waals surface area contributed by atoms with Crippen LogP contribution in [0.4, 0.5) is 0 Å². The Morgan fingerprint density at radius 2 is 0.754 bits per heavy atom. The van der Waals surface area contributed by atoms with E-state index in [0.29, 0.717) is 12.5 Å². The van der Waals surface area contributed by atoms with Crippen LogP contribution in [0.25, 0.3) is 0 Å². The summed E-state index contributed by atoms with van der Waals surface area (Å²) in [4.78, 5) is 0.859. The van der Waals surface area contributed by atoms with Crippen LogP contribution in [-0.4, -0.2) is 27.9 Å². The third-order valence-corrected chi connectivity index (χ3v) is 19.5. The van der Waals surface area contributed by atoms with Crippen molar-refractivity contribution in [2.45, 2.75) is 134 Å². The summed E-state index contributed by atoms with van der Waals surface area (Å²) in [5, 5.41) is 14.8. The van der Waals surface area contributed by atoms with Crippen molar-refractivity contribution in [2.24, 2.45) is 29.6 Å². The van der Waals surface area contributed by atoms with Gasteiger partial charge in [0, 0.05) is 45.6 Å². The van der Waals surface area contributed by atoms with Crippen molar-refractivity contribution in [3.63, 3.8) is 0 Å². The first kappa shape index (κ1) is 50.6. The first-order valence-electron chi connectivity index (χ1n) is 21.9. The van der Waals surface area contributed by atoms with E-state index in [1.54, 1.807) is 21.2 Å². The summed E-state index contributed by atoms with van der Waals surface area (Å²) < 4.78 is 0. The van der Waals surface area contributed by atoms with Crippen LogP contribution in [0.3, 0.4) is 0 Å². The topological polar surface area (TPSA) is 20.2 Å². The van der Waals surface area contributed by atoms with Gasteiger partial charge in [0.15, 0.2) is 0 Å². The molecule has 4 aromatic carbocycles. The summed E-state index contributed by atoms with van der Waals surface area (Å²) in [6, 6.07) is 44.9. The standard InChI is InChI=1S/2C20H25P.C6H12O.C5H9Br.2Fe/c2*1-16(2)19-14-9-15-20(19)21(17-10-5-3-6-11-17)18-12-7-4-8-13-18;7-5-6-3-1-2-4-6;6-5-3-1-2-4-5;;/h2*3-8,10-13,16,19-20H,9,14-15H2,1-2H3;6-7H,1-5H2;5H,1-4H2;;. The van der Waals surface area contributed by atoms with Crippen LogP contribution in [0.2, 0.25) is 0 Å². The molecule has 0 saturated heterocycles. The molecule has 4 unspecified atom stereocenters.